The molecule has 0 saturated carbocycles. The van der Waals surface area contributed by atoms with Gasteiger partial charge in [-0.25, -0.2) is 0 Å². The van der Waals surface area contributed by atoms with Gasteiger partial charge in [-0.05, 0) is 12.8 Å². The molecule has 0 fully saturated rings. The van der Waals surface area contributed by atoms with Crippen LogP contribution in [-0.2, 0) is 4.79 Å². The lowest BCUT2D eigenvalue weighted by Crippen LogP contribution is -1.93. The van der Waals surface area contributed by atoms with Crippen molar-refractivity contribution in [3.05, 3.63) is 12.7 Å². The Balaban J connectivity index is 0. The highest BCUT2D eigenvalue weighted by molar-refractivity contribution is 5.66. The van der Waals surface area contributed by atoms with Gasteiger partial charge >= 0.3 is 5.97 Å². The molecular weight excluding hydrogens is 296 g/mol. The van der Waals surface area contributed by atoms with Crippen molar-refractivity contribution in [2.75, 3.05) is 0 Å². The molecule has 0 aromatic rings. The highest BCUT2D eigenvalue weighted by Crippen LogP contribution is 2.13. The number of allylic oxidation sites excluding steroid dienone is 1. The number of hydrogen-bond acceptors (Lipinski definition) is 1. The summed E-state index contributed by atoms with van der Waals surface area (Å²) in [4.78, 5) is 10.3. The van der Waals surface area contributed by atoms with Crippen molar-refractivity contribution in [3.63, 3.8) is 0 Å². The van der Waals surface area contributed by atoms with Gasteiger partial charge in [0.15, 0.2) is 0 Å². The van der Waals surface area contributed by atoms with E-state index in [2.05, 4.69) is 20.4 Å². The van der Waals surface area contributed by atoms with Gasteiger partial charge in [0.2, 0.25) is 0 Å². The Bertz CT molecular complexity index is 248. The van der Waals surface area contributed by atoms with E-state index >= 15 is 0 Å². The van der Waals surface area contributed by atoms with Crippen molar-refractivity contribution < 1.29 is 9.90 Å². The van der Waals surface area contributed by atoms with Crippen LogP contribution in [0.3, 0.4) is 0 Å². The summed E-state index contributed by atoms with van der Waals surface area (Å²) in [6, 6.07) is 0. The van der Waals surface area contributed by atoms with Crippen molar-refractivity contribution in [2.24, 2.45) is 0 Å². The van der Waals surface area contributed by atoms with Crippen LogP contribution in [-0.4, -0.2) is 11.1 Å². The van der Waals surface area contributed by atoms with E-state index < -0.39 is 5.97 Å². The molecule has 2 heteroatoms. The topological polar surface area (TPSA) is 37.3 Å². The number of carboxylic acids is 1. The monoisotopic (exact) mass is 340 g/mol. The summed E-state index contributed by atoms with van der Waals surface area (Å²) in [7, 11) is 0. The van der Waals surface area contributed by atoms with Crippen LogP contribution in [0.25, 0.3) is 0 Å². The minimum atomic E-state index is -0.653. The maximum absolute atomic E-state index is 10.3. The van der Waals surface area contributed by atoms with E-state index in [4.69, 9.17) is 5.11 Å². The largest absolute Gasteiger partial charge is 0.481 e. The number of carboxylic acid groups (broad SMARTS) is 1. The summed E-state index contributed by atoms with van der Waals surface area (Å²) in [5, 5.41) is 8.52. The zero-order valence-electron chi connectivity index (χ0n) is 16.7. The van der Waals surface area contributed by atoms with E-state index in [1.54, 1.807) is 0 Å². The van der Waals surface area contributed by atoms with Gasteiger partial charge in [0.05, 0.1) is 0 Å². The maximum Gasteiger partial charge on any atom is 0.303 e. The van der Waals surface area contributed by atoms with Crippen molar-refractivity contribution in [1.29, 1.82) is 0 Å². The molecule has 0 aromatic carbocycles. The normalized spacial score (nSPS) is 10.1. The van der Waals surface area contributed by atoms with Crippen molar-refractivity contribution in [3.8, 4) is 0 Å². The Hall–Kier alpha value is -0.790. The molecular formula is C22H44O2. The molecule has 0 aliphatic heterocycles. The van der Waals surface area contributed by atoms with Crippen molar-refractivity contribution in [2.45, 2.75) is 123 Å². The second kappa shape index (κ2) is 24.5. The second-order valence-electron chi connectivity index (χ2n) is 6.79. The van der Waals surface area contributed by atoms with Crippen LogP contribution in [0.15, 0.2) is 12.7 Å². The Morgan fingerprint density at radius 3 is 1.25 bits per heavy atom. The molecule has 1 N–H and O–H groups in total. The first-order valence-corrected chi connectivity index (χ1v) is 10.5. The van der Waals surface area contributed by atoms with Crippen LogP contribution in [0.2, 0.25) is 0 Å². The fraction of sp³-hybridized carbons (Fsp3) is 0.864. The molecule has 2 nitrogen and oxygen atoms in total. The van der Waals surface area contributed by atoms with Crippen LogP contribution < -0.4 is 0 Å². The van der Waals surface area contributed by atoms with Crippen LogP contribution in [0, 0.1) is 0 Å². The molecule has 0 unspecified atom stereocenters. The summed E-state index contributed by atoms with van der Waals surface area (Å²) in [5.41, 5.74) is 0. The van der Waals surface area contributed by atoms with Gasteiger partial charge in [0.25, 0.3) is 0 Å². The third-order valence-corrected chi connectivity index (χ3v) is 4.28. The van der Waals surface area contributed by atoms with E-state index in [0.717, 1.165) is 19.3 Å². The lowest BCUT2D eigenvalue weighted by Gasteiger charge is -2.03. The van der Waals surface area contributed by atoms with Gasteiger partial charge in [-0.3, -0.25) is 4.79 Å². The maximum atomic E-state index is 10.3. The summed E-state index contributed by atoms with van der Waals surface area (Å²) < 4.78 is 0. The lowest BCUT2D eigenvalue weighted by molar-refractivity contribution is -0.137. The highest BCUT2D eigenvalue weighted by atomic mass is 16.4. The third kappa shape index (κ3) is 29.2. The van der Waals surface area contributed by atoms with E-state index in [-0.39, 0.29) is 0 Å². The molecule has 0 bridgehead atoms. The average molecular weight is 341 g/mol. The summed E-state index contributed by atoms with van der Waals surface area (Å²) in [6.45, 7) is 7.81. The molecule has 0 amide bonds. The summed E-state index contributed by atoms with van der Waals surface area (Å²) in [5.74, 6) is -0.653. The van der Waals surface area contributed by atoms with E-state index in [1.807, 2.05) is 6.08 Å². The number of carbonyl (C=O) groups is 1. The molecule has 0 atom stereocenters. The predicted molar refractivity (Wildman–Crippen MR) is 108 cm³/mol. The van der Waals surface area contributed by atoms with Crippen LogP contribution in [0.4, 0.5) is 0 Å². The van der Waals surface area contributed by atoms with Crippen molar-refractivity contribution >= 4 is 5.97 Å². The molecule has 144 valence electrons. The zero-order valence-corrected chi connectivity index (χ0v) is 16.7. The summed E-state index contributed by atoms with van der Waals surface area (Å²) in [6.07, 6.45) is 23.2. The molecule has 0 aliphatic rings. The molecule has 0 aromatic heterocycles. The Labute approximate surface area is 152 Å². The molecule has 0 rings (SSSR count). The van der Waals surface area contributed by atoms with E-state index in [9.17, 15) is 4.79 Å². The Kier molecular flexibility index (Phi) is 25.9. The van der Waals surface area contributed by atoms with Crippen LogP contribution in [0.1, 0.15) is 123 Å². The second-order valence-corrected chi connectivity index (χ2v) is 6.79. The average Bonchev–Trinajstić information content (AvgIpc) is 2.58. The van der Waals surface area contributed by atoms with Gasteiger partial charge < -0.3 is 5.11 Å². The predicted octanol–water partition coefficient (Wildman–Crippen LogP) is 7.91. The Morgan fingerprint density at radius 1 is 0.708 bits per heavy atom. The fourth-order valence-corrected chi connectivity index (χ4v) is 2.65. The van der Waals surface area contributed by atoms with Gasteiger partial charge in [-0.15, -0.1) is 6.58 Å². The number of unbranched alkanes of at least 4 members (excludes halogenated alkanes) is 14. The molecule has 0 aliphatic carbocycles. The number of hydrogen-bond donors (Lipinski definition) is 1. The smallest absolute Gasteiger partial charge is 0.303 e. The van der Waals surface area contributed by atoms with Gasteiger partial charge in [0.1, 0.15) is 0 Å². The number of rotatable bonds is 17. The standard InChI is InChI=1S/C18H36O2.C4H8/c1-2-3-4-5-6-7-8-9-10-11-12-13-14-15-16-17-18(19)20;1-3-4-2/h2-17H2,1H3,(H,19,20);3H,1,4H2,2H3. The molecule has 0 spiro atoms. The summed E-state index contributed by atoms with van der Waals surface area (Å²) >= 11 is 0. The first-order chi connectivity index (χ1) is 11.7. The van der Waals surface area contributed by atoms with E-state index in [1.165, 1.54) is 83.5 Å². The van der Waals surface area contributed by atoms with Gasteiger partial charge in [-0.2, -0.15) is 0 Å². The molecule has 0 heterocycles. The van der Waals surface area contributed by atoms with E-state index in [0.29, 0.717) is 6.42 Å². The molecule has 0 radical (unpaired) electrons. The van der Waals surface area contributed by atoms with Gasteiger partial charge in [0, 0.05) is 6.42 Å². The SMILES string of the molecule is C=CCC.CCCCCCCCCCCCCCCCCC(=O)O. The first kappa shape index (κ1) is 25.5. The highest BCUT2D eigenvalue weighted by Gasteiger charge is 1.97. The fourth-order valence-electron chi connectivity index (χ4n) is 2.65. The van der Waals surface area contributed by atoms with Crippen LogP contribution in [0.5, 0.6) is 0 Å². The molecule has 0 saturated heterocycles. The molecule has 24 heavy (non-hydrogen) atoms. The quantitative estimate of drug-likeness (QED) is 0.216. The minimum absolute atomic E-state index is 0.345. The zero-order chi connectivity index (χ0) is 18.3. The van der Waals surface area contributed by atoms with Crippen molar-refractivity contribution in [1.82, 2.24) is 0 Å². The lowest BCUT2D eigenvalue weighted by atomic mass is 10.0. The van der Waals surface area contributed by atoms with Gasteiger partial charge in [-0.1, -0.05) is 110 Å². The third-order valence-electron chi connectivity index (χ3n) is 4.28. The Morgan fingerprint density at radius 2 is 1.00 bits per heavy atom. The first-order valence-electron chi connectivity index (χ1n) is 10.5. The van der Waals surface area contributed by atoms with Crippen LogP contribution >= 0.6 is 0 Å². The number of aliphatic carboxylic acids is 1. The minimum Gasteiger partial charge on any atom is -0.481 e.